The molecule has 1 fully saturated rings. The third kappa shape index (κ3) is 4.49. The Morgan fingerprint density at radius 1 is 1.47 bits per heavy atom. The van der Waals surface area contributed by atoms with Gasteiger partial charge in [0.15, 0.2) is 0 Å². The summed E-state index contributed by atoms with van der Waals surface area (Å²) in [5, 5.41) is 3.31. The minimum Gasteiger partial charge on any atom is -0.383 e. The van der Waals surface area contributed by atoms with Crippen LogP contribution in [0.4, 0.5) is 0 Å². The van der Waals surface area contributed by atoms with Gasteiger partial charge in [-0.25, -0.2) is 0 Å². The van der Waals surface area contributed by atoms with E-state index in [9.17, 15) is 0 Å². The van der Waals surface area contributed by atoms with Gasteiger partial charge in [0.05, 0.1) is 6.61 Å². The van der Waals surface area contributed by atoms with E-state index >= 15 is 0 Å². The van der Waals surface area contributed by atoms with Crippen LogP contribution >= 0.6 is 0 Å². The van der Waals surface area contributed by atoms with Gasteiger partial charge in [-0.1, -0.05) is 13.3 Å². The summed E-state index contributed by atoms with van der Waals surface area (Å²) in [4.78, 5) is 2.64. The molecule has 1 rings (SSSR count). The Morgan fingerprint density at radius 3 is 2.67 bits per heavy atom. The van der Waals surface area contributed by atoms with E-state index in [1.54, 1.807) is 7.11 Å². The molecular formula is C12H26N2O. The summed E-state index contributed by atoms with van der Waals surface area (Å²) in [6.07, 6.45) is 5.32. The molecule has 0 radical (unpaired) electrons. The first kappa shape index (κ1) is 12.9. The van der Waals surface area contributed by atoms with Gasteiger partial charge in [-0.05, 0) is 26.3 Å². The molecule has 3 heteroatoms. The second kappa shape index (κ2) is 7.20. The number of methoxy groups -OCH3 is 1. The van der Waals surface area contributed by atoms with Crippen molar-refractivity contribution >= 4 is 0 Å². The molecule has 0 saturated heterocycles. The summed E-state index contributed by atoms with van der Waals surface area (Å²) in [6, 6.07) is 1.53. The van der Waals surface area contributed by atoms with E-state index in [-0.39, 0.29) is 0 Å². The highest BCUT2D eigenvalue weighted by Gasteiger charge is 2.32. The van der Waals surface area contributed by atoms with E-state index in [0.29, 0.717) is 6.04 Å². The van der Waals surface area contributed by atoms with Crippen LogP contribution in [0.2, 0.25) is 0 Å². The van der Waals surface area contributed by atoms with E-state index in [1.807, 2.05) is 7.05 Å². The molecule has 1 aliphatic carbocycles. The molecule has 15 heavy (non-hydrogen) atoms. The predicted molar refractivity (Wildman–Crippen MR) is 64.2 cm³/mol. The zero-order chi connectivity index (χ0) is 11.1. The van der Waals surface area contributed by atoms with Crippen LogP contribution in [-0.2, 0) is 4.74 Å². The van der Waals surface area contributed by atoms with Crippen LogP contribution in [-0.4, -0.2) is 50.8 Å². The SMILES string of the molecule is CCCC(CNC)N(CCOC)C1CC1. The van der Waals surface area contributed by atoms with Gasteiger partial charge < -0.3 is 10.1 Å². The molecule has 0 aliphatic heterocycles. The number of likely N-dealkylation sites (N-methyl/N-ethyl adjacent to an activating group) is 1. The fourth-order valence-corrected chi connectivity index (χ4v) is 2.22. The molecule has 0 aromatic carbocycles. The van der Waals surface area contributed by atoms with Crippen molar-refractivity contribution in [2.75, 3.05) is 33.9 Å². The van der Waals surface area contributed by atoms with Crippen molar-refractivity contribution in [2.24, 2.45) is 0 Å². The quantitative estimate of drug-likeness (QED) is 0.629. The van der Waals surface area contributed by atoms with Crippen LogP contribution in [0.5, 0.6) is 0 Å². The minimum absolute atomic E-state index is 0.697. The third-order valence-electron chi connectivity index (χ3n) is 3.10. The first-order valence-electron chi connectivity index (χ1n) is 6.22. The van der Waals surface area contributed by atoms with Crippen LogP contribution in [0.3, 0.4) is 0 Å². The highest BCUT2D eigenvalue weighted by Crippen LogP contribution is 2.29. The number of hydrogen-bond donors (Lipinski definition) is 1. The maximum atomic E-state index is 5.19. The van der Waals surface area contributed by atoms with Crippen LogP contribution < -0.4 is 5.32 Å². The van der Waals surface area contributed by atoms with Crippen LogP contribution in [0.1, 0.15) is 32.6 Å². The van der Waals surface area contributed by atoms with Gasteiger partial charge in [-0.2, -0.15) is 0 Å². The lowest BCUT2D eigenvalue weighted by atomic mass is 10.1. The van der Waals surface area contributed by atoms with Crippen LogP contribution in [0.15, 0.2) is 0 Å². The molecule has 0 heterocycles. The molecule has 0 aromatic heterocycles. The van der Waals surface area contributed by atoms with E-state index in [0.717, 1.165) is 25.7 Å². The van der Waals surface area contributed by atoms with Crippen molar-refractivity contribution in [1.82, 2.24) is 10.2 Å². The average molecular weight is 214 g/mol. The third-order valence-corrected chi connectivity index (χ3v) is 3.10. The second-order valence-electron chi connectivity index (χ2n) is 4.46. The zero-order valence-electron chi connectivity index (χ0n) is 10.5. The molecule has 0 amide bonds. The monoisotopic (exact) mass is 214 g/mol. The van der Waals surface area contributed by atoms with Crippen LogP contribution in [0.25, 0.3) is 0 Å². The Balaban J connectivity index is 2.40. The van der Waals surface area contributed by atoms with Crippen molar-refractivity contribution in [3.63, 3.8) is 0 Å². The Morgan fingerprint density at radius 2 is 2.20 bits per heavy atom. The zero-order valence-corrected chi connectivity index (χ0v) is 10.5. The summed E-state index contributed by atoms with van der Waals surface area (Å²) < 4.78 is 5.19. The summed E-state index contributed by atoms with van der Waals surface area (Å²) in [7, 11) is 3.84. The molecule has 1 aliphatic rings. The standard InChI is InChI=1S/C12H26N2O/c1-4-5-12(10-13-2)14(8-9-15-3)11-6-7-11/h11-13H,4-10H2,1-3H3. The average Bonchev–Trinajstić information content (AvgIpc) is 3.03. The molecule has 3 nitrogen and oxygen atoms in total. The molecule has 90 valence electrons. The number of ether oxygens (including phenoxy) is 1. The Hall–Kier alpha value is -0.120. The Kier molecular flexibility index (Phi) is 6.22. The van der Waals surface area contributed by atoms with E-state index < -0.39 is 0 Å². The van der Waals surface area contributed by atoms with Gasteiger partial charge in [0.2, 0.25) is 0 Å². The van der Waals surface area contributed by atoms with E-state index in [2.05, 4.69) is 17.1 Å². The van der Waals surface area contributed by atoms with Crippen molar-refractivity contribution in [2.45, 2.75) is 44.7 Å². The summed E-state index contributed by atoms with van der Waals surface area (Å²) in [6.45, 7) is 5.33. The Bertz CT molecular complexity index is 154. The molecular weight excluding hydrogens is 188 g/mol. The highest BCUT2D eigenvalue weighted by molar-refractivity contribution is 4.89. The largest absolute Gasteiger partial charge is 0.383 e. The van der Waals surface area contributed by atoms with Crippen LogP contribution in [0, 0.1) is 0 Å². The van der Waals surface area contributed by atoms with Crippen molar-refractivity contribution < 1.29 is 4.74 Å². The Labute approximate surface area is 94.2 Å². The van der Waals surface area contributed by atoms with E-state index in [4.69, 9.17) is 4.74 Å². The molecule has 1 saturated carbocycles. The molecule has 0 aromatic rings. The summed E-state index contributed by atoms with van der Waals surface area (Å²) in [5.41, 5.74) is 0. The lowest BCUT2D eigenvalue weighted by Crippen LogP contribution is -2.44. The van der Waals surface area contributed by atoms with Gasteiger partial charge >= 0.3 is 0 Å². The summed E-state index contributed by atoms with van der Waals surface area (Å²) in [5.74, 6) is 0. The maximum Gasteiger partial charge on any atom is 0.0589 e. The first-order valence-corrected chi connectivity index (χ1v) is 6.22. The molecule has 1 unspecified atom stereocenters. The van der Waals surface area contributed by atoms with Crippen molar-refractivity contribution in [3.05, 3.63) is 0 Å². The molecule has 0 spiro atoms. The van der Waals surface area contributed by atoms with Gasteiger partial charge in [-0.15, -0.1) is 0 Å². The smallest absolute Gasteiger partial charge is 0.0589 e. The topological polar surface area (TPSA) is 24.5 Å². The first-order chi connectivity index (χ1) is 7.33. The van der Waals surface area contributed by atoms with Gasteiger partial charge in [-0.3, -0.25) is 4.90 Å². The molecule has 0 bridgehead atoms. The fraction of sp³-hybridized carbons (Fsp3) is 1.00. The normalized spacial score (nSPS) is 18.4. The van der Waals surface area contributed by atoms with E-state index in [1.165, 1.54) is 25.7 Å². The van der Waals surface area contributed by atoms with Gasteiger partial charge in [0.25, 0.3) is 0 Å². The fourth-order valence-electron chi connectivity index (χ4n) is 2.22. The molecule has 1 N–H and O–H groups in total. The summed E-state index contributed by atoms with van der Waals surface area (Å²) >= 11 is 0. The van der Waals surface area contributed by atoms with Crippen molar-refractivity contribution in [1.29, 1.82) is 0 Å². The number of rotatable bonds is 9. The second-order valence-corrected chi connectivity index (χ2v) is 4.46. The maximum absolute atomic E-state index is 5.19. The van der Waals surface area contributed by atoms with Crippen molar-refractivity contribution in [3.8, 4) is 0 Å². The number of hydrogen-bond acceptors (Lipinski definition) is 3. The van der Waals surface area contributed by atoms with Gasteiger partial charge in [0, 0.05) is 32.3 Å². The minimum atomic E-state index is 0.697. The number of nitrogens with one attached hydrogen (secondary N) is 1. The van der Waals surface area contributed by atoms with Gasteiger partial charge in [0.1, 0.15) is 0 Å². The predicted octanol–water partition coefficient (Wildman–Crippen LogP) is 1.49. The number of nitrogens with zero attached hydrogens (tertiary/aromatic N) is 1. The highest BCUT2D eigenvalue weighted by atomic mass is 16.5. The lowest BCUT2D eigenvalue weighted by molar-refractivity contribution is 0.109. The molecule has 1 atom stereocenters. The lowest BCUT2D eigenvalue weighted by Gasteiger charge is -2.31.